The van der Waals surface area contributed by atoms with Crippen molar-refractivity contribution < 1.29 is 47.5 Å². The van der Waals surface area contributed by atoms with Crippen LogP contribution in [0.2, 0.25) is 0 Å². The number of carboxylic acids is 1. The number of phosphoric ester groups is 1. The lowest BCUT2D eigenvalue weighted by Crippen LogP contribution is -2.34. The van der Waals surface area contributed by atoms with Crippen LogP contribution in [0.25, 0.3) is 0 Å². The molecule has 12 heteroatoms. The van der Waals surface area contributed by atoms with Crippen LogP contribution < -0.4 is 5.73 Å². The Balaban J connectivity index is 4.61. The molecule has 0 fully saturated rings. The topological polar surface area (TPSA) is 172 Å². The van der Waals surface area contributed by atoms with Crippen LogP contribution in [-0.2, 0) is 37.5 Å². The van der Waals surface area contributed by atoms with Crippen molar-refractivity contribution in [1.29, 1.82) is 0 Å². The summed E-state index contributed by atoms with van der Waals surface area (Å²) in [5, 5.41) is 8.87. The number of carboxylic acid groups (broad SMARTS) is 1. The molecule has 2 unspecified atom stereocenters. The fraction of sp³-hybridized carbons (Fsp3) is 0.568. The van der Waals surface area contributed by atoms with Gasteiger partial charge in [-0.15, -0.1) is 0 Å². The van der Waals surface area contributed by atoms with E-state index in [1.807, 2.05) is 24.3 Å². The summed E-state index contributed by atoms with van der Waals surface area (Å²) in [6, 6.07) is -1.54. The van der Waals surface area contributed by atoms with Crippen LogP contribution in [0.3, 0.4) is 0 Å². The highest BCUT2D eigenvalue weighted by Gasteiger charge is 2.28. The lowest BCUT2D eigenvalue weighted by Gasteiger charge is -2.20. The predicted octanol–water partition coefficient (Wildman–Crippen LogP) is 10.5. The Hall–Kier alpha value is -3.60. The average Bonchev–Trinajstić information content (AvgIpc) is 3.17. The molecular formula is C44H70NO10P. The maximum Gasteiger partial charge on any atom is 0.472 e. The molecule has 0 amide bonds. The van der Waals surface area contributed by atoms with Crippen molar-refractivity contribution in [2.75, 3.05) is 19.8 Å². The molecule has 4 N–H and O–H groups in total. The molecule has 0 saturated heterocycles. The number of carbonyl (C=O) groups excluding carboxylic acids is 2. The summed E-state index contributed by atoms with van der Waals surface area (Å²) in [5.74, 6) is -2.59. The number of rotatable bonds is 36. The maximum atomic E-state index is 12.5. The van der Waals surface area contributed by atoms with Crippen molar-refractivity contribution in [2.24, 2.45) is 5.73 Å². The fourth-order valence-corrected chi connectivity index (χ4v) is 5.45. The first-order valence-electron chi connectivity index (χ1n) is 20.3. The number of hydrogen-bond donors (Lipinski definition) is 3. The van der Waals surface area contributed by atoms with Gasteiger partial charge >= 0.3 is 25.7 Å². The van der Waals surface area contributed by atoms with Gasteiger partial charge in [0.1, 0.15) is 12.6 Å². The molecule has 0 aliphatic heterocycles. The van der Waals surface area contributed by atoms with Gasteiger partial charge in [-0.05, 0) is 70.6 Å². The minimum Gasteiger partial charge on any atom is -0.480 e. The van der Waals surface area contributed by atoms with E-state index >= 15 is 0 Å². The second-order valence-corrected chi connectivity index (χ2v) is 14.5. The van der Waals surface area contributed by atoms with Gasteiger partial charge in [0.2, 0.25) is 0 Å². The number of esters is 2. The molecule has 0 aliphatic carbocycles. The second-order valence-electron chi connectivity index (χ2n) is 13.0. The Kier molecular flexibility index (Phi) is 35.8. The standard InChI is InChI=1S/C44H70NO10P/c1-3-5-7-9-11-13-15-17-18-19-20-21-22-24-25-27-29-31-33-35-42(46)52-37-40(38-53-56(50,51)54-39-41(45)44(48)49)55-43(47)36-34-32-30-28-26-23-16-14-12-10-8-6-4-2/h5,7,11,13,17-18,20-21,23-26,29-32,40-41H,3-4,6,8-10,12,14-16,19,22,27-28,33-39,45H2,1-2H3,(H,48,49)(H,50,51)/b7-5+,13-11+,18-17+,21-20+,25-24+,26-23+,31-29+,32-30+/t40?,41-/m1/s1. The smallest absolute Gasteiger partial charge is 0.472 e. The van der Waals surface area contributed by atoms with E-state index in [1.165, 1.54) is 38.5 Å². The minimum absolute atomic E-state index is 0.0336. The summed E-state index contributed by atoms with van der Waals surface area (Å²) in [7, 11) is -4.75. The van der Waals surface area contributed by atoms with Crippen LogP contribution in [0, 0.1) is 0 Å². The lowest BCUT2D eigenvalue weighted by molar-refractivity contribution is -0.161. The van der Waals surface area contributed by atoms with Gasteiger partial charge in [-0.2, -0.15) is 0 Å². The van der Waals surface area contributed by atoms with E-state index in [0.717, 1.165) is 51.4 Å². The molecular weight excluding hydrogens is 733 g/mol. The number of aliphatic carboxylic acids is 1. The van der Waals surface area contributed by atoms with Crippen molar-refractivity contribution in [3.63, 3.8) is 0 Å². The van der Waals surface area contributed by atoms with E-state index in [0.29, 0.717) is 12.8 Å². The third kappa shape index (κ3) is 37.3. The first kappa shape index (κ1) is 52.4. The summed E-state index contributed by atoms with van der Waals surface area (Å²) < 4.78 is 32.4. The number of allylic oxidation sites excluding steroid dienone is 16. The third-order valence-corrected chi connectivity index (χ3v) is 8.79. The number of hydrogen-bond acceptors (Lipinski definition) is 9. The Morgan fingerprint density at radius 3 is 1.50 bits per heavy atom. The third-order valence-electron chi connectivity index (χ3n) is 7.84. The van der Waals surface area contributed by atoms with Gasteiger partial charge in [-0.1, -0.05) is 143 Å². The Bertz CT molecular complexity index is 1310. The zero-order valence-corrected chi connectivity index (χ0v) is 34.8. The summed E-state index contributed by atoms with van der Waals surface area (Å²) >= 11 is 0. The molecule has 0 spiro atoms. The molecule has 0 aliphatic rings. The van der Waals surface area contributed by atoms with Crippen molar-refractivity contribution in [3.8, 4) is 0 Å². The van der Waals surface area contributed by atoms with E-state index in [-0.39, 0.29) is 12.8 Å². The van der Waals surface area contributed by atoms with Gasteiger partial charge in [0.15, 0.2) is 6.10 Å². The second kappa shape index (κ2) is 38.3. The van der Waals surface area contributed by atoms with Gasteiger partial charge in [0.05, 0.1) is 13.2 Å². The molecule has 0 heterocycles. The minimum atomic E-state index is -4.75. The normalized spacial score (nSPS) is 14.8. The van der Waals surface area contributed by atoms with E-state index < -0.39 is 57.7 Å². The number of carbonyl (C=O) groups is 3. The highest BCUT2D eigenvalue weighted by Crippen LogP contribution is 2.43. The van der Waals surface area contributed by atoms with Crippen LogP contribution in [0.5, 0.6) is 0 Å². The summed E-state index contributed by atoms with van der Waals surface area (Å²) in [4.78, 5) is 45.8. The molecule has 0 rings (SSSR count). The first-order chi connectivity index (χ1) is 27.1. The first-order valence-corrected chi connectivity index (χ1v) is 21.8. The molecule has 316 valence electrons. The molecule has 11 nitrogen and oxygen atoms in total. The molecule has 0 bridgehead atoms. The SMILES string of the molecule is CC/C=C/C/C=C/C/C=C/C/C=C/C/C=C/C/C=C/CCC(=O)OCC(COP(=O)(O)OC[C@@H](N)C(=O)O)OC(=O)CC/C=C/C/C=C/CCCCCCCC. The zero-order valence-electron chi connectivity index (χ0n) is 33.9. The lowest BCUT2D eigenvalue weighted by atomic mass is 10.1. The van der Waals surface area contributed by atoms with E-state index in [1.54, 1.807) is 0 Å². The molecule has 0 radical (unpaired) electrons. The van der Waals surface area contributed by atoms with Crippen molar-refractivity contribution in [3.05, 3.63) is 97.2 Å². The highest BCUT2D eigenvalue weighted by molar-refractivity contribution is 7.47. The monoisotopic (exact) mass is 803 g/mol. The fourth-order valence-electron chi connectivity index (χ4n) is 4.67. The average molecular weight is 804 g/mol. The molecule has 0 saturated carbocycles. The van der Waals surface area contributed by atoms with E-state index in [9.17, 15) is 23.8 Å². The van der Waals surface area contributed by atoms with Crippen molar-refractivity contribution in [1.82, 2.24) is 0 Å². The highest BCUT2D eigenvalue weighted by atomic mass is 31.2. The van der Waals surface area contributed by atoms with Crippen LogP contribution in [0.4, 0.5) is 0 Å². The molecule has 0 aromatic carbocycles. The summed E-state index contributed by atoms with van der Waals surface area (Å²) in [5.41, 5.74) is 5.31. The molecule has 56 heavy (non-hydrogen) atoms. The molecule has 0 aromatic heterocycles. The van der Waals surface area contributed by atoms with Crippen LogP contribution in [-0.4, -0.2) is 59.9 Å². The zero-order chi connectivity index (χ0) is 41.4. The van der Waals surface area contributed by atoms with Gasteiger partial charge in [-0.3, -0.25) is 23.4 Å². The van der Waals surface area contributed by atoms with Crippen LogP contribution >= 0.6 is 7.82 Å². The summed E-state index contributed by atoms with van der Waals surface area (Å²) in [6.45, 7) is 2.51. The number of phosphoric acid groups is 1. The number of ether oxygens (including phenoxy) is 2. The Morgan fingerprint density at radius 2 is 1.00 bits per heavy atom. The Morgan fingerprint density at radius 1 is 0.571 bits per heavy atom. The van der Waals surface area contributed by atoms with Gasteiger partial charge in [0, 0.05) is 12.8 Å². The molecule has 3 atom stereocenters. The Labute approximate surface area is 336 Å². The summed E-state index contributed by atoms with van der Waals surface area (Å²) in [6.07, 6.45) is 48.0. The van der Waals surface area contributed by atoms with Gasteiger partial charge in [0.25, 0.3) is 0 Å². The largest absolute Gasteiger partial charge is 0.480 e. The van der Waals surface area contributed by atoms with Crippen LogP contribution in [0.15, 0.2) is 97.2 Å². The van der Waals surface area contributed by atoms with Gasteiger partial charge in [-0.25, -0.2) is 4.57 Å². The van der Waals surface area contributed by atoms with Crippen LogP contribution in [0.1, 0.15) is 129 Å². The van der Waals surface area contributed by atoms with E-state index in [4.69, 9.17) is 24.8 Å². The van der Waals surface area contributed by atoms with Crippen molar-refractivity contribution in [2.45, 2.75) is 142 Å². The van der Waals surface area contributed by atoms with Gasteiger partial charge < -0.3 is 25.2 Å². The number of unbranched alkanes of at least 4 members (excludes halogenated alkanes) is 6. The quantitative estimate of drug-likeness (QED) is 0.0238. The molecule has 0 aromatic rings. The van der Waals surface area contributed by atoms with Crippen molar-refractivity contribution >= 4 is 25.7 Å². The maximum absolute atomic E-state index is 12.5. The predicted molar refractivity (Wildman–Crippen MR) is 226 cm³/mol. The van der Waals surface area contributed by atoms with E-state index in [2.05, 4.69) is 91.3 Å². The number of nitrogens with two attached hydrogens (primary N) is 1.